The maximum absolute atomic E-state index is 12.2. The van der Waals surface area contributed by atoms with Gasteiger partial charge in [0.25, 0.3) is 0 Å². The molecule has 1 aliphatic rings. The van der Waals surface area contributed by atoms with Gasteiger partial charge in [-0.05, 0) is 50.0 Å². The van der Waals surface area contributed by atoms with Crippen molar-refractivity contribution in [2.75, 3.05) is 26.7 Å². The Balaban J connectivity index is 1.96. The first-order chi connectivity index (χ1) is 9.51. The minimum atomic E-state index is -3.45. The molecule has 0 radical (unpaired) electrons. The molecule has 1 unspecified atom stereocenters. The number of rotatable bonds is 5. The fourth-order valence-electron chi connectivity index (χ4n) is 2.52. The third-order valence-electron chi connectivity index (χ3n) is 3.70. The van der Waals surface area contributed by atoms with Crippen LogP contribution < -0.4 is 4.72 Å². The highest BCUT2D eigenvalue weighted by atomic mass is 32.2. The monoisotopic (exact) mass is 298 g/mol. The summed E-state index contributed by atoms with van der Waals surface area (Å²) in [6.45, 7) is 2.43. The van der Waals surface area contributed by atoms with E-state index in [0.29, 0.717) is 18.0 Å². The number of nitrogens with zero attached hydrogens (tertiary/aromatic N) is 1. The van der Waals surface area contributed by atoms with Crippen LogP contribution in [0.3, 0.4) is 0 Å². The van der Waals surface area contributed by atoms with Gasteiger partial charge in [0.05, 0.1) is 11.5 Å². The lowest BCUT2D eigenvalue weighted by atomic mass is 9.99. The van der Waals surface area contributed by atoms with Crippen molar-refractivity contribution in [1.82, 2.24) is 9.62 Å². The van der Waals surface area contributed by atoms with E-state index in [9.17, 15) is 8.42 Å². The first-order valence-electron chi connectivity index (χ1n) is 6.89. The molecule has 0 amide bonds. The number of likely N-dealkylation sites (tertiary alicyclic amines) is 1. The van der Waals surface area contributed by atoms with Gasteiger partial charge in [0.2, 0.25) is 10.0 Å². The predicted octanol–water partition coefficient (Wildman–Crippen LogP) is 0.799. The molecule has 0 aliphatic carbocycles. The van der Waals surface area contributed by atoms with E-state index in [1.165, 1.54) is 12.1 Å². The van der Waals surface area contributed by atoms with Gasteiger partial charge in [-0.15, -0.1) is 0 Å². The van der Waals surface area contributed by atoms with Gasteiger partial charge in [0.15, 0.2) is 0 Å². The average molecular weight is 298 g/mol. The van der Waals surface area contributed by atoms with Gasteiger partial charge in [-0.25, -0.2) is 13.1 Å². The van der Waals surface area contributed by atoms with Gasteiger partial charge in [-0.2, -0.15) is 0 Å². The third kappa shape index (κ3) is 4.02. The van der Waals surface area contributed by atoms with E-state index in [2.05, 4.69) is 16.7 Å². The van der Waals surface area contributed by atoms with E-state index in [1.807, 2.05) is 0 Å². The fourth-order valence-corrected chi connectivity index (χ4v) is 3.64. The topological polar surface area (TPSA) is 69.6 Å². The normalized spacial score (nSPS) is 21.0. The molecule has 2 N–H and O–H groups in total. The minimum Gasteiger partial charge on any atom is -0.392 e. The summed E-state index contributed by atoms with van der Waals surface area (Å²) in [6, 6.07) is 6.31. The quantitative estimate of drug-likeness (QED) is 0.843. The van der Waals surface area contributed by atoms with Crippen LogP contribution in [-0.4, -0.2) is 45.1 Å². The largest absolute Gasteiger partial charge is 0.392 e. The van der Waals surface area contributed by atoms with Crippen molar-refractivity contribution in [1.29, 1.82) is 0 Å². The average Bonchev–Trinajstić information content (AvgIpc) is 2.45. The molecule has 0 aromatic heterocycles. The molecule has 1 heterocycles. The van der Waals surface area contributed by atoms with E-state index < -0.39 is 10.0 Å². The number of piperidine rings is 1. The van der Waals surface area contributed by atoms with Crippen LogP contribution >= 0.6 is 0 Å². The van der Waals surface area contributed by atoms with Crippen molar-refractivity contribution in [3.05, 3.63) is 29.8 Å². The van der Waals surface area contributed by atoms with Crippen LogP contribution in [0.4, 0.5) is 0 Å². The van der Waals surface area contributed by atoms with Crippen LogP contribution in [0.25, 0.3) is 0 Å². The van der Waals surface area contributed by atoms with Crippen molar-refractivity contribution in [3.63, 3.8) is 0 Å². The molecule has 1 atom stereocenters. The lowest BCUT2D eigenvalue weighted by Gasteiger charge is -2.29. The van der Waals surface area contributed by atoms with Crippen LogP contribution in [0.15, 0.2) is 29.2 Å². The smallest absolute Gasteiger partial charge is 0.240 e. The molecular formula is C14H22N2O3S. The Morgan fingerprint density at radius 2 is 2.05 bits per heavy atom. The van der Waals surface area contributed by atoms with Crippen molar-refractivity contribution >= 4 is 10.0 Å². The standard InChI is InChI=1S/C14H22N2O3S/c1-16-8-2-3-13(10-16)9-15-20(18,19)14-6-4-12(11-17)5-7-14/h4-7,13,15,17H,2-3,8-11H2,1H3. The SMILES string of the molecule is CN1CCCC(CNS(=O)(=O)c2ccc(CO)cc2)C1. The van der Waals surface area contributed by atoms with Gasteiger partial charge in [0.1, 0.15) is 0 Å². The molecule has 0 spiro atoms. The molecular weight excluding hydrogens is 276 g/mol. The molecule has 1 aromatic carbocycles. The van der Waals surface area contributed by atoms with E-state index in [-0.39, 0.29) is 11.5 Å². The van der Waals surface area contributed by atoms with Crippen LogP contribution in [0.1, 0.15) is 18.4 Å². The van der Waals surface area contributed by atoms with Gasteiger partial charge < -0.3 is 10.0 Å². The number of sulfonamides is 1. The van der Waals surface area contributed by atoms with Gasteiger partial charge in [0, 0.05) is 13.1 Å². The van der Waals surface area contributed by atoms with E-state index in [1.54, 1.807) is 12.1 Å². The highest BCUT2D eigenvalue weighted by Crippen LogP contribution is 2.16. The van der Waals surface area contributed by atoms with Crippen LogP contribution in [0, 0.1) is 5.92 Å². The third-order valence-corrected chi connectivity index (χ3v) is 5.14. The number of hydrogen-bond acceptors (Lipinski definition) is 4. The summed E-state index contributed by atoms with van der Waals surface area (Å²) in [7, 11) is -1.39. The Hall–Kier alpha value is -0.950. The van der Waals surface area contributed by atoms with Gasteiger partial charge in [-0.1, -0.05) is 12.1 Å². The molecule has 1 aromatic rings. The Morgan fingerprint density at radius 3 is 2.65 bits per heavy atom. The highest BCUT2D eigenvalue weighted by Gasteiger charge is 2.20. The molecule has 0 saturated carbocycles. The van der Waals surface area contributed by atoms with Crippen molar-refractivity contribution < 1.29 is 13.5 Å². The zero-order valence-electron chi connectivity index (χ0n) is 11.7. The number of aliphatic hydroxyl groups is 1. The maximum atomic E-state index is 12.2. The summed E-state index contributed by atoms with van der Waals surface area (Å²) < 4.78 is 27.0. The van der Waals surface area contributed by atoms with E-state index in [0.717, 1.165) is 25.9 Å². The minimum absolute atomic E-state index is 0.0812. The fraction of sp³-hybridized carbons (Fsp3) is 0.571. The molecule has 6 heteroatoms. The summed E-state index contributed by atoms with van der Waals surface area (Å²) in [5, 5.41) is 8.96. The van der Waals surface area contributed by atoms with Crippen molar-refractivity contribution in [2.24, 2.45) is 5.92 Å². The van der Waals surface area contributed by atoms with Crippen molar-refractivity contribution in [2.45, 2.75) is 24.3 Å². The lowest BCUT2D eigenvalue weighted by molar-refractivity contribution is 0.211. The summed E-state index contributed by atoms with van der Waals surface area (Å²) in [5.41, 5.74) is 0.706. The summed E-state index contributed by atoms with van der Waals surface area (Å²) in [5.74, 6) is 0.375. The Bertz CT molecular complexity index is 528. The number of hydrogen-bond donors (Lipinski definition) is 2. The van der Waals surface area contributed by atoms with E-state index in [4.69, 9.17) is 5.11 Å². The zero-order valence-corrected chi connectivity index (χ0v) is 12.6. The molecule has 1 saturated heterocycles. The van der Waals surface area contributed by atoms with Crippen LogP contribution in [0.5, 0.6) is 0 Å². The molecule has 112 valence electrons. The van der Waals surface area contributed by atoms with Crippen molar-refractivity contribution in [3.8, 4) is 0 Å². The lowest BCUT2D eigenvalue weighted by Crippen LogP contribution is -2.39. The van der Waals surface area contributed by atoms with E-state index >= 15 is 0 Å². The molecule has 1 fully saturated rings. The Labute approximate surface area is 120 Å². The van der Waals surface area contributed by atoms with Gasteiger partial charge in [-0.3, -0.25) is 0 Å². The Kier molecular flexibility index (Phi) is 5.15. The molecule has 20 heavy (non-hydrogen) atoms. The first kappa shape index (κ1) is 15.4. The summed E-state index contributed by atoms with van der Waals surface area (Å²) >= 11 is 0. The molecule has 5 nitrogen and oxygen atoms in total. The number of nitrogens with one attached hydrogen (secondary N) is 1. The second-order valence-corrected chi connectivity index (χ2v) is 7.19. The predicted molar refractivity (Wildman–Crippen MR) is 77.8 cm³/mol. The maximum Gasteiger partial charge on any atom is 0.240 e. The summed E-state index contributed by atoms with van der Waals surface area (Å²) in [4.78, 5) is 2.48. The number of benzene rings is 1. The zero-order chi connectivity index (χ0) is 14.6. The Morgan fingerprint density at radius 1 is 1.35 bits per heavy atom. The second-order valence-electron chi connectivity index (χ2n) is 5.42. The number of aliphatic hydroxyl groups excluding tert-OH is 1. The second kappa shape index (κ2) is 6.67. The molecule has 1 aliphatic heterocycles. The van der Waals surface area contributed by atoms with Crippen LogP contribution in [-0.2, 0) is 16.6 Å². The van der Waals surface area contributed by atoms with Gasteiger partial charge >= 0.3 is 0 Å². The molecule has 0 bridgehead atoms. The first-order valence-corrected chi connectivity index (χ1v) is 8.37. The summed E-state index contributed by atoms with van der Waals surface area (Å²) in [6.07, 6.45) is 2.18. The molecule has 2 rings (SSSR count). The van der Waals surface area contributed by atoms with Crippen LogP contribution in [0.2, 0.25) is 0 Å². The highest BCUT2D eigenvalue weighted by molar-refractivity contribution is 7.89.